The van der Waals surface area contributed by atoms with Gasteiger partial charge in [0, 0.05) is 6.42 Å². The number of rotatable bonds is 2. The first kappa shape index (κ1) is 9.33. The fraction of sp³-hybridized carbons (Fsp3) is 0.600. The van der Waals surface area contributed by atoms with Gasteiger partial charge < -0.3 is 9.52 Å². The molecule has 0 saturated heterocycles. The van der Waals surface area contributed by atoms with Crippen LogP contribution in [0.5, 0.6) is 0 Å². The van der Waals surface area contributed by atoms with Crippen LogP contribution < -0.4 is 0 Å². The van der Waals surface area contributed by atoms with Crippen LogP contribution in [0.25, 0.3) is 0 Å². The molecule has 1 atom stereocenters. The van der Waals surface area contributed by atoms with Gasteiger partial charge >= 0.3 is 0 Å². The van der Waals surface area contributed by atoms with E-state index in [1.54, 1.807) is 6.26 Å². The number of hydrogen-bond donors (Lipinski definition) is 1. The van der Waals surface area contributed by atoms with E-state index in [9.17, 15) is 5.11 Å². The average Bonchev–Trinajstić information content (AvgIpc) is 2.37. The number of hydrogen-bond acceptors (Lipinski definition) is 2. The zero-order valence-corrected chi connectivity index (χ0v) is 7.87. The van der Waals surface area contributed by atoms with Crippen molar-refractivity contribution in [3.63, 3.8) is 0 Å². The lowest BCUT2D eigenvalue weighted by Crippen LogP contribution is -2.27. The molecule has 68 valence electrons. The molecular formula is C10H16O2. The van der Waals surface area contributed by atoms with Gasteiger partial charge in [-0.25, -0.2) is 0 Å². The summed E-state index contributed by atoms with van der Waals surface area (Å²) in [6.45, 7) is 6.04. The summed E-state index contributed by atoms with van der Waals surface area (Å²) in [5, 5.41) is 9.70. The zero-order valence-electron chi connectivity index (χ0n) is 7.87. The van der Waals surface area contributed by atoms with Crippen LogP contribution in [0, 0.1) is 5.41 Å². The van der Waals surface area contributed by atoms with Crippen molar-refractivity contribution in [2.75, 3.05) is 0 Å². The molecule has 1 aromatic heterocycles. The van der Waals surface area contributed by atoms with Gasteiger partial charge in [-0.1, -0.05) is 20.8 Å². The van der Waals surface area contributed by atoms with Gasteiger partial charge in [-0.3, -0.25) is 0 Å². The van der Waals surface area contributed by atoms with E-state index in [0.29, 0.717) is 6.42 Å². The highest BCUT2D eigenvalue weighted by Gasteiger charge is 2.22. The maximum atomic E-state index is 9.70. The maximum Gasteiger partial charge on any atom is 0.106 e. The molecule has 0 radical (unpaired) electrons. The molecule has 0 amide bonds. The number of aliphatic hydroxyl groups is 1. The third-order valence-corrected chi connectivity index (χ3v) is 1.97. The van der Waals surface area contributed by atoms with Crippen LogP contribution in [0.15, 0.2) is 22.8 Å². The van der Waals surface area contributed by atoms with E-state index in [1.165, 1.54) is 0 Å². The minimum atomic E-state index is -0.344. The summed E-state index contributed by atoms with van der Waals surface area (Å²) >= 11 is 0. The second-order valence-electron chi connectivity index (χ2n) is 4.17. The van der Waals surface area contributed by atoms with Gasteiger partial charge in [-0.05, 0) is 17.5 Å². The molecule has 0 aromatic carbocycles. The zero-order chi connectivity index (χ0) is 9.19. The van der Waals surface area contributed by atoms with Crippen molar-refractivity contribution in [1.29, 1.82) is 0 Å². The summed E-state index contributed by atoms with van der Waals surface area (Å²) < 4.78 is 5.14. The standard InChI is InChI=1S/C10H16O2/c1-10(2,3)9(11)7-8-5-4-6-12-8/h4-6,9,11H,7H2,1-3H3. The van der Waals surface area contributed by atoms with E-state index in [0.717, 1.165) is 5.76 Å². The van der Waals surface area contributed by atoms with Crippen LogP contribution in [-0.4, -0.2) is 11.2 Å². The predicted molar refractivity (Wildman–Crippen MR) is 47.9 cm³/mol. The minimum Gasteiger partial charge on any atom is -0.469 e. The summed E-state index contributed by atoms with van der Waals surface area (Å²) in [4.78, 5) is 0. The Bertz CT molecular complexity index is 218. The van der Waals surface area contributed by atoms with Crippen LogP contribution in [0.2, 0.25) is 0 Å². The highest BCUT2D eigenvalue weighted by atomic mass is 16.3. The molecule has 12 heavy (non-hydrogen) atoms. The van der Waals surface area contributed by atoms with Crippen LogP contribution in [0.4, 0.5) is 0 Å². The van der Waals surface area contributed by atoms with Gasteiger partial charge in [0.25, 0.3) is 0 Å². The van der Waals surface area contributed by atoms with E-state index in [1.807, 2.05) is 32.9 Å². The van der Waals surface area contributed by atoms with Gasteiger partial charge in [0.05, 0.1) is 12.4 Å². The van der Waals surface area contributed by atoms with E-state index in [4.69, 9.17) is 4.42 Å². The molecule has 0 spiro atoms. The summed E-state index contributed by atoms with van der Waals surface area (Å²) in [7, 11) is 0. The second-order valence-corrected chi connectivity index (χ2v) is 4.17. The lowest BCUT2D eigenvalue weighted by Gasteiger charge is -2.24. The Morgan fingerprint density at radius 3 is 2.58 bits per heavy atom. The fourth-order valence-electron chi connectivity index (χ4n) is 0.925. The van der Waals surface area contributed by atoms with E-state index in [2.05, 4.69) is 0 Å². The molecule has 1 aromatic rings. The van der Waals surface area contributed by atoms with Crippen molar-refractivity contribution >= 4 is 0 Å². The van der Waals surface area contributed by atoms with Gasteiger partial charge in [-0.15, -0.1) is 0 Å². The van der Waals surface area contributed by atoms with Gasteiger partial charge in [0.15, 0.2) is 0 Å². The van der Waals surface area contributed by atoms with Crippen molar-refractivity contribution in [3.8, 4) is 0 Å². The smallest absolute Gasteiger partial charge is 0.106 e. The molecule has 0 bridgehead atoms. The van der Waals surface area contributed by atoms with Crippen molar-refractivity contribution < 1.29 is 9.52 Å². The molecular weight excluding hydrogens is 152 g/mol. The molecule has 1 heterocycles. The fourth-order valence-corrected chi connectivity index (χ4v) is 0.925. The topological polar surface area (TPSA) is 33.4 Å². The highest BCUT2D eigenvalue weighted by molar-refractivity contribution is 5.00. The summed E-state index contributed by atoms with van der Waals surface area (Å²) in [5.74, 6) is 0.845. The Hall–Kier alpha value is -0.760. The van der Waals surface area contributed by atoms with Crippen LogP contribution in [-0.2, 0) is 6.42 Å². The van der Waals surface area contributed by atoms with Crippen molar-refractivity contribution in [2.24, 2.45) is 5.41 Å². The molecule has 2 heteroatoms. The minimum absolute atomic E-state index is 0.0766. The molecule has 0 aliphatic rings. The van der Waals surface area contributed by atoms with Crippen LogP contribution in [0.1, 0.15) is 26.5 Å². The van der Waals surface area contributed by atoms with Crippen molar-refractivity contribution in [2.45, 2.75) is 33.3 Å². The Morgan fingerprint density at radius 2 is 2.17 bits per heavy atom. The lowest BCUT2D eigenvalue weighted by atomic mass is 9.87. The molecule has 2 nitrogen and oxygen atoms in total. The quantitative estimate of drug-likeness (QED) is 0.734. The first-order chi connectivity index (χ1) is 5.50. The van der Waals surface area contributed by atoms with Gasteiger partial charge in [0.2, 0.25) is 0 Å². The third kappa shape index (κ3) is 2.38. The van der Waals surface area contributed by atoms with Crippen LogP contribution in [0.3, 0.4) is 0 Å². The Labute approximate surface area is 73.2 Å². The van der Waals surface area contributed by atoms with Gasteiger partial charge in [0.1, 0.15) is 5.76 Å². The predicted octanol–water partition coefficient (Wildman–Crippen LogP) is 2.23. The lowest BCUT2D eigenvalue weighted by molar-refractivity contribution is 0.0591. The monoisotopic (exact) mass is 168 g/mol. The normalized spacial score (nSPS) is 14.7. The molecule has 0 aliphatic carbocycles. The van der Waals surface area contributed by atoms with E-state index >= 15 is 0 Å². The van der Waals surface area contributed by atoms with Gasteiger partial charge in [-0.2, -0.15) is 0 Å². The number of furan rings is 1. The van der Waals surface area contributed by atoms with Crippen LogP contribution >= 0.6 is 0 Å². The molecule has 1 N–H and O–H groups in total. The summed E-state index contributed by atoms with van der Waals surface area (Å²) in [6.07, 6.45) is 1.88. The Kier molecular flexibility index (Phi) is 2.58. The van der Waals surface area contributed by atoms with E-state index in [-0.39, 0.29) is 11.5 Å². The average molecular weight is 168 g/mol. The Balaban J connectivity index is 2.53. The maximum absolute atomic E-state index is 9.70. The first-order valence-corrected chi connectivity index (χ1v) is 4.20. The molecule has 1 rings (SSSR count). The SMILES string of the molecule is CC(C)(C)C(O)Cc1ccco1. The molecule has 1 unspecified atom stereocenters. The van der Waals surface area contributed by atoms with Crippen molar-refractivity contribution in [3.05, 3.63) is 24.2 Å². The molecule has 0 saturated carbocycles. The van der Waals surface area contributed by atoms with Crippen molar-refractivity contribution in [1.82, 2.24) is 0 Å². The van der Waals surface area contributed by atoms with E-state index < -0.39 is 0 Å². The number of aliphatic hydroxyl groups excluding tert-OH is 1. The summed E-state index contributed by atoms with van der Waals surface area (Å²) in [5.41, 5.74) is -0.0766. The third-order valence-electron chi connectivity index (χ3n) is 1.97. The first-order valence-electron chi connectivity index (χ1n) is 4.20. The second kappa shape index (κ2) is 3.31. The molecule has 0 fully saturated rings. The Morgan fingerprint density at radius 1 is 1.50 bits per heavy atom. The largest absolute Gasteiger partial charge is 0.469 e. The summed E-state index contributed by atoms with van der Waals surface area (Å²) in [6, 6.07) is 3.72. The molecule has 0 aliphatic heterocycles. The highest BCUT2D eigenvalue weighted by Crippen LogP contribution is 2.22.